The number of hydrogen-bond acceptors (Lipinski definition) is 5. The number of thioether (sulfide) groups is 1. The third-order valence-corrected chi connectivity index (χ3v) is 4.95. The Labute approximate surface area is 181 Å². The van der Waals surface area contributed by atoms with Gasteiger partial charge in [0.15, 0.2) is 0 Å². The maximum absolute atomic E-state index is 12.9. The molecule has 0 aliphatic heterocycles. The van der Waals surface area contributed by atoms with Crippen molar-refractivity contribution in [3.63, 3.8) is 0 Å². The van der Waals surface area contributed by atoms with E-state index < -0.39 is 17.9 Å². The number of anilines is 1. The van der Waals surface area contributed by atoms with Crippen molar-refractivity contribution in [2.45, 2.75) is 39.8 Å². The predicted octanol–water partition coefficient (Wildman–Crippen LogP) is 4.02. The van der Waals surface area contributed by atoms with Crippen molar-refractivity contribution in [2.75, 3.05) is 17.3 Å². The lowest BCUT2D eigenvalue weighted by molar-refractivity contribution is -0.139. The molecule has 30 heavy (non-hydrogen) atoms. The fraction of sp³-hybridized carbons (Fsp3) is 0.409. The van der Waals surface area contributed by atoms with Gasteiger partial charge < -0.3 is 20.7 Å². The zero-order chi connectivity index (χ0) is 22.1. The first-order valence-electron chi connectivity index (χ1n) is 9.77. The summed E-state index contributed by atoms with van der Waals surface area (Å²) in [6.45, 7) is 6.77. The highest BCUT2D eigenvalue weighted by Gasteiger charge is 2.21. The van der Waals surface area contributed by atoms with Crippen molar-refractivity contribution >= 4 is 35.4 Å². The van der Waals surface area contributed by atoms with Crippen LogP contribution in [0.1, 0.15) is 48.8 Å². The predicted molar refractivity (Wildman–Crippen MR) is 123 cm³/mol. The minimum Gasteiger partial charge on any atom is -0.480 e. The SMILES string of the molecule is CSCC[C@H](NC(=O)c1ccc(NCc2c[nH]cn2)cc1/C=C\C(C)(C)C)C(=O)O. The maximum atomic E-state index is 12.9. The van der Waals surface area contributed by atoms with Crippen molar-refractivity contribution in [1.82, 2.24) is 15.3 Å². The Hall–Kier alpha value is -2.74. The van der Waals surface area contributed by atoms with Gasteiger partial charge in [0.1, 0.15) is 6.04 Å². The van der Waals surface area contributed by atoms with Crippen LogP contribution < -0.4 is 10.6 Å². The molecule has 1 aromatic heterocycles. The lowest BCUT2D eigenvalue weighted by Crippen LogP contribution is -2.41. The van der Waals surface area contributed by atoms with Gasteiger partial charge in [-0.1, -0.05) is 32.9 Å². The molecule has 1 heterocycles. The van der Waals surface area contributed by atoms with Gasteiger partial charge in [-0.15, -0.1) is 0 Å². The van der Waals surface area contributed by atoms with E-state index in [4.69, 9.17) is 0 Å². The molecular weight excluding hydrogens is 400 g/mol. The molecule has 0 saturated heterocycles. The second kappa shape index (κ2) is 10.9. The molecule has 0 bridgehead atoms. The Bertz CT molecular complexity index is 873. The van der Waals surface area contributed by atoms with Crippen LogP contribution in [0.3, 0.4) is 0 Å². The maximum Gasteiger partial charge on any atom is 0.326 e. The van der Waals surface area contributed by atoms with Crippen molar-refractivity contribution < 1.29 is 14.7 Å². The van der Waals surface area contributed by atoms with Crippen LogP contribution in [0.15, 0.2) is 36.8 Å². The summed E-state index contributed by atoms with van der Waals surface area (Å²) < 4.78 is 0. The monoisotopic (exact) mass is 430 g/mol. The molecule has 1 aromatic carbocycles. The standard InChI is InChI=1S/C22H30N4O3S/c1-22(2,3)9-7-15-11-16(24-13-17-12-23-14-25-17)5-6-18(15)20(27)26-19(21(28)29)8-10-30-4/h5-7,9,11-12,14,19,24H,8,10,13H2,1-4H3,(H,23,25)(H,26,27)(H,28,29)/b9-7-/t19-/m0/s1. The third kappa shape index (κ3) is 7.59. The van der Waals surface area contributed by atoms with Gasteiger partial charge >= 0.3 is 5.97 Å². The molecule has 0 fully saturated rings. The van der Waals surface area contributed by atoms with E-state index in [1.807, 2.05) is 36.7 Å². The molecule has 162 valence electrons. The molecule has 1 amide bonds. The van der Waals surface area contributed by atoms with Crippen LogP contribution >= 0.6 is 11.8 Å². The molecular formula is C22H30N4O3S. The van der Waals surface area contributed by atoms with Gasteiger partial charge in [-0.3, -0.25) is 4.79 Å². The zero-order valence-electron chi connectivity index (χ0n) is 17.9. The van der Waals surface area contributed by atoms with Crippen molar-refractivity contribution in [2.24, 2.45) is 5.41 Å². The number of aliphatic carboxylic acids is 1. The number of aromatic nitrogens is 2. The number of nitrogens with zero attached hydrogens (tertiary/aromatic N) is 1. The zero-order valence-corrected chi connectivity index (χ0v) is 18.7. The van der Waals surface area contributed by atoms with Gasteiger partial charge in [0.25, 0.3) is 5.91 Å². The van der Waals surface area contributed by atoms with Gasteiger partial charge in [0.2, 0.25) is 0 Å². The van der Waals surface area contributed by atoms with E-state index in [2.05, 4.69) is 41.4 Å². The van der Waals surface area contributed by atoms with Crippen molar-refractivity contribution in [3.8, 4) is 0 Å². The first-order chi connectivity index (χ1) is 14.2. The Morgan fingerprint density at radius 2 is 2.10 bits per heavy atom. The number of carbonyl (C=O) groups is 2. The number of aromatic amines is 1. The highest BCUT2D eigenvalue weighted by atomic mass is 32.2. The minimum absolute atomic E-state index is 0.0613. The average molecular weight is 431 g/mol. The summed E-state index contributed by atoms with van der Waals surface area (Å²) in [5.41, 5.74) is 2.83. The van der Waals surface area contributed by atoms with E-state index in [0.29, 0.717) is 24.3 Å². The number of nitrogens with one attached hydrogen (secondary N) is 3. The number of carboxylic acid groups (broad SMARTS) is 1. The van der Waals surface area contributed by atoms with Crippen LogP contribution in [0.5, 0.6) is 0 Å². The molecule has 7 nitrogen and oxygen atoms in total. The summed E-state index contributed by atoms with van der Waals surface area (Å²) in [7, 11) is 0. The molecule has 1 atom stereocenters. The van der Waals surface area contributed by atoms with E-state index >= 15 is 0 Å². The molecule has 0 spiro atoms. The average Bonchev–Trinajstić information content (AvgIpc) is 3.20. The van der Waals surface area contributed by atoms with Gasteiger partial charge in [0.05, 0.1) is 18.6 Å². The number of carboxylic acids is 1. The highest BCUT2D eigenvalue weighted by molar-refractivity contribution is 7.98. The quantitative estimate of drug-likeness (QED) is 0.454. The number of H-pyrrole nitrogens is 1. The van der Waals surface area contributed by atoms with E-state index in [-0.39, 0.29) is 5.41 Å². The largest absolute Gasteiger partial charge is 0.480 e. The topological polar surface area (TPSA) is 107 Å². The second-order valence-electron chi connectivity index (χ2n) is 8.06. The molecule has 8 heteroatoms. The van der Waals surface area contributed by atoms with Gasteiger partial charge in [-0.05, 0) is 47.6 Å². The molecule has 0 unspecified atom stereocenters. The number of imidazole rings is 1. The second-order valence-corrected chi connectivity index (χ2v) is 9.05. The molecule has 0 aliphatic rings. The summed E-state index contributed by atoms with van der Waals surface area (Å²) in [6.07, 6.45) is 9.66. The normalized spacial score (nSPS) is 12.7. The first-order valence-corrected chi connectivity index (χ1v) is 11.2. The Morgan fingerprint density at radius 1 is 1.33 bits per heavy atom. The number of benzene rings is 1. The Morgan fingerprint density at radius 3 is 2.70 bits per heavy atom. The lowest BCUT2D eigenvalue weighted by Gasteiger charge is -2.17. The fourth-order valence-electron chi connectivity index (χ4n) is 2.67. The van der Waals surface area contributed by atoms with E-state index in [0.717, 1.165) is 16.9 Å². The first kappa shape index (κ1) is 23.5. The fourth-order valence-corrected chi connectivity index (χ4v) is 3.14. The van der Waals surface area contributed by atoms with E-state index in [9.17, 15) is 14.7 Å². The summed E-state index contributed by atoms with van der Waals surface area (Å²) in [4.78, 5) is 31.5. The van der Waals surface area contributed by atoms with E-state index in [1.165, 1.54) is 0 Å². The summed E-state index contributed by atoms with van der Waals surface area (Å²) in [5.74, 6) is -0.762. The molecule has 4 N–H and O–H groups in total. The molecule has 2 rings (SSSR count). The number of hydrogen-bond donors (Lipinski definition) is 4. The van der Waals surface area contributed by atoms with Gasteiger partial charge in [0, 0.05) is 17.4 Å². The molecule has 0 aliphatic carbocycles. The summed E-state index contributed by atoms with van der Waals surface area (Å²) >= 11 is 1.55. The van der Waals surface area contributed by atoms with Crippen LogP contribution in [0, 0.1) is 5.41 Å². The van der Waals surface area contributed by atoms with Gasteiger partial charge in [-0.25, -0.2) is 9.78 Å². The molecule has 0 saturated carbocycles. The van der Waals surface area contributed by atoms with Crippen LogP contribution in [-0.2, 0) is 11.3 Å². The Kier molecular flexibility index (Phi) is 8.53. The van der Waals surface area contributed by atoms with E-state index in [1.54, 1.807) is 24.2 Å². The number of amides is 1. The van der Waals surface area contributed by atoms with Crippen LogP contribution in [0.2, 0.25) is 0 Å². The minimum atomic E-state index is -1.03. The Balaban J connectivity index is 2.25. The van der Waals surface area contributed by atoms with Crippen LogP contribution in [0.4, 0.5) is 5.69 Å². The third-order valence-electron chi connectivity index (χ3n) is 4.30. The van der Waals surface area contributed by atoms with Gasteiger partial charge in [-0.2, -0.15) is 11.8 Å². The van der Waals surface area contributed by atoms with Crippen molar-refractivity contribution in [1.29, 1.82) is 0 Å². The van der Waals surface area contributed by atoms with Crippen LogP contribution in [-0.4, -0.2) is 45.0 Å². The smallest absolute Gasteiger partial charge is 0.326 e. The van der Waals surface area contributed by atoms with Crippen LogP contribution in [0.25, 0.3) is 6.08 Å². The lowest BCUT2D eigenvalue weighted by atomic mass is 9.94. The number of allylic oxidation sites excluding steroid dienone is 1. The number of carbonyl (C=O) groups excluding carboxylic acids is 1. The van der Waals surface area contributed by atoms with Crippen molar-refractivity contribution in [3.05, 3.63) is 53.6 Å². The summed E-state index contributed by atoms with van der Waals surface area (Å²) in [6, 6.07) is 4.51. The molecule has 2 aromatic rings. The summed E-state index contributed by atoms with van der Waals surface area (Å²) in [5, 5.41) is 15.4. The molecule has 0 radical (unpaired) electrons. The number of rotatable bonds is 10. The highest BCUT2D eigenvalue weighted by Crippen LogP contribution is 2.22.